The maximum absolute atomic E-state index is 12.6. The first-order chi connectivity index (χ1) is 14.7. The molecule has 2 aromatic carbocycles. The standard InChI is InChI=1S/C24H28N4OS/c29-23(25-19-9-11-20(12-10-19)28-14-3-4-15-28)17-27-13-5-6-18(16-27)24-26-21-7-1-2-8-22(21)30-24/h1-2,7-12,18H,3-6,13-17H2,(H,25,29). The van der Waals surface area contributed by atoms with Crippen molar-refractivity contribution in [2.75, 3.05) is 42.9 Å². The zero-order valence-corrected chi connectivity index (χ0v) is 18.0. The monoisotopic (exact) mass is 420 g/mol. The lowest BCUT2D eigenvalue weighted by molar-refractivity contribution is -0.117. The average molecular weight is 421 g/mol. The fraction of sp³-hybridized carbons (Fsp3) is 0.417. The van der Waals surface area contributed by atoms with E-state index >= 15 is 0 Å². The zero-order valence-electron chi connectivity index (χ0n) is 17.2. The molecule has 2 aliphatic rings. The van der Waals surface area contributed by atoms with Gasteiger partial charge in [-0.15, -0.1) is 11.3 Å². The minimum absolute atomic E-state index is 0.0638. The van der Waals surface area contributed by atoms with Gasteiger partial charge in [-0.25, -0.2) is 4.98 Å². The Morgan fingerprint density at radius 3 is 2.63 bits per heavy atom. The molecule has 1 unspecified atom stereocenters. The van der Waals surface area contributed by atoms with Crippen molar-refractivity contribution in [1.82, 2.24) is 9.88 Å². The highest BCUT2D eigenvalue weighted by Crippen LogP contribution is 2.33. The van der Waals surface area contributed by atoms with Gasteiger partial charge in [0, 0.05) is 36.9 Å². The Labute approximate surface area is 181 Å². The molecule has 156 valence electrons. The van der Waals surface area contributed by atoms with E-state index in [-0.39, 0.29) is 5.91 Å². The molecular formula is C24H28N4OS. The van der Waals surface area contributed by atoms with Crippen LogP contribution in [-0.2, 0) is 4.79 Å². The highest BCUT2D eigenvalue weighted by atomic mass is 32.1. The first-order valence-corrected chi connectivity index (χ1v) is 11.8. The molecule has 1 amide bonds. The first kappa shape index (κ1) is 19.5. The molecule has 0 radical (unpaired) electrons. The Morgan fingerprint density at radius 2 is 1.83 bits per heavy atom. The minimum Gasteiger partial charge on any atom is -0.372 e. The molecule has 5 rings (SSSR count). The highest BCUT2D eigenvalue weighted by molar-refractivity contribution is 7.18. The average Bonchev–Trinajstić information content (AvgIpc) is 3.44. The molecule has 0 spiro atoms. The number of carbonyl (C=O) groups is 1. The van der Waals surface area contributed by atoms with Crippen LogP contribution in [0.2, 0.25) is 0 Å². The Kier molecular flexibility index (Phi) is 5.69. The Hall–Kier alpha value is -2.44. The van der Waals surface area contributed by atoms with Crippen molar-refractivity contribution in [2.24, 2.45) is 0 Å². The number of amides is 1. The third kappa shape index (κ3) is 4.35. The van der Waals surface area contributed by atoms with Gasteiger partial charge >= 0.3 is 0 Å². The highest BCUT2D eigenvalue weighted by Gasteiger charge is 2.25. The molecule has 30 heavy (non-hydrogen) atoms. The van der Waals surface area contributed by atoms with Crippen molar-refractivity contribution in [1.29, 1.82) is 0 Å². The molecule has 1 aromatic heterocycles. The van der Waals surface area contributed by atoms with Crippen molar-refractivity contribution >= 4 is 38.8 Å². The fourth-order valence-electron chi connectivity index (χ4n) is 4.60. The summed E-state index contributed by atoms with van der Waals surface area (Å²) in [5.74, 6) is 0.484. The Morgan fingerprint density at radius 1 is 1.03 bits per heavy atom. The molecular weight excluding hydrogens is 392 g/mol. The first-order valence-electron chi connectivity index (χ1n) is 11.0. The molecule has 2 fully saturated rings. The quantitative estimate of drug-likeness (QED) is 0.649. The summed E-state index contributed by atoms with van der Waals surface area (Å²) in [6.45, 7) is 4.59. The molecule has 2 aliphatic heterocycles. The lowest BCUT2D eigenvalue weighted by Crippen LogP contribution is -2.39. The van der Waals surface area contributed by atoms with E-state index in [1.54, 1.807) is 11.3 Å². The lowest BCUT2D eigenvalue weighted by atomic mass is 9.99. The van der Waals surface area contributed by atoms with E-state index in [2.05, 4.69) is 45.4 Å². The minimum atomic E-state index is 0.0638. The van der Waals surface area contributed by atoms with E-state index in [0.29, 0.717) is 12.5 Å². The number of rotatable bonds is 5. The third-order valence-corrected chi connectivity index (χ3v) is 7.35. The van der Waals surface area contributed by atoms with Crippen LogP contribution in [0.15, 0.2) is 48.5 Å². The van der Waals surface area contributed by atoms with Crippen molar-refractivity contribution in [3.8, 4) is 0 Å². The molecule has 1 N–H and O–H groups in total. The van der Waals surface area contributed by atoms with Crippen LogP contribution in [-0.4, -0.2) is 48.5 Å². The Balaban J connectivity index is 1.17. The maximum Gasteiger partial charge on any atom is 0.238 e. The molecule has 5 nitrogen and oxygen atoms in total. The van der Waals surface area contributed by atoms with E-state index in [1.807, 2.05) is 18.2 Å². The van der Waals surface area contributed by atoms with Crippen molar-refractivity contribution < 1.29 is 4.79 Å². The predicted molar refractivity (Wildman–Crippen MR) is 125 cm³/mol. The van der Waals surface area contributed by atoms with Gasteiger partial charge < -0.3 is 10.2 Å². The van der Waals surface area contributed by atoms with Gasteiger partial charge in [-0.05, 0) is 68.6 Å². The molecule has 2 saturated heterocycles. The molecule has 0 aliphatic carbocycles. The summed E-state index contributed by atoms with van der Waals surface area (Å²) >= 11 is 1.80. The smallest absolute Gasteiger partial charge is 0.238 e. The van der Waals surface area contributed by atoms with Crippen LogP contribution >= 0.6 is 11.3 Å². The largest absolute Gasteiger partial charge is 0.372 e. The number of carbonyl (C=O) groups excluding carboxylic acids is 1. The van der Waals surface area contributed by atoms with E-state index in [0.717, 1.165) is 50.2 Å². The third-order valence-electron chi connectivity index (χ3n) is 6.15. The van der Waals surface area contributed by atoms with Crippen LogP contribution in [0.25, 0.3) is 10.2 Å². The Bertz CT molecular complexity index is 976. The van der Waals surface area contributed by atoms with Gasteiger partial charge in [-0.1, -0.05) is 12.1 Å². The summed E-state index contributed by atoms with van der Waals surface area (Å²) in [6, 6.07) is 16.6. The van der Waals surface area contributed by atoms with Crippen LogP contribution in [0.3, 0.4) is 0 Å². The van der Waals surface area contributed by atoms with Gasteiger partial charge in [0.1, 0.15) is 0 Å². The summed E-state index contributed by atoms with van der Waals surface area (Å²) in [5, 5.41) is 4.28. The van der Waals surface area contributed by atoms with Gasteiger partial charge in [0.2, 0.25) is 5.91 Å². The van der Waals surface area contributed by atoms with E-state index in [4.69, 9.17) is 4.98 Å². The fourth-order valence-corrected chi connectivity index (χ4v) is 5.69. The number of fused-ring (bicyclic) bond motifs is 1. The van der Waals surface area contributed by atoms with E-state index in [1.165, 1.54) is 28.2 Å². The number of hydrogen-bond acceptors (Lipinski definition) is 5. The number of benzene rings is 2. The van der Waals surface area contributed by atoms with Gasteiger partial charge in [0.25, 0.3) is 0 Å². The summed E-state index contributed by atoms with van der Waals surface area (Å²) in [4.78, 5) is 22.2. The lowest BCUT2D eigenvalue weighted by Gasteiger charge is -2.31. The predicted octanol–water partition coefficient (Wildman–Crippen LogP) is 4.71. The van der Waals surface area contributed by atoms with Crippen LogP contribution in [0.5, 0.6) is 0 Å². The maximum atomic E-state index is 12.6. The zero-order chi connectivity index (χ0) is 20.3. The van der Waals surface area contributed by atoms with Crippen LogP contribution in [0.1, 0.15) is 36.6 Å². The van der Waals surface area contributed by atoms with Gasteiger partial charge in [-0.2, -0.15) is 0 Å². The SMILES string of the molecule is O=C(CN1CCCC(c2nc3ccccc3s2)C1)Nc1ccc(N2CCCC2)cc1. The van der Waals surface area contributed by atoms with Gasteiger partial charge in [0.05, 0.1) is 21.8 Å². The number of likely N-dealkylation sites (tertiary alicyclic amines) is 1. The second-order valence-corrected chi connectivity index (χ2v) is 9.45. The number of nitrogens with zero attached hydrogens (tertiary/aromatic N) is 3. The van der Waals surface area contributed by atoms with Crippen molar-refractivity contribution in [3.63, 3.8) is 0 Å². The molecule has 0 bridgehead atoms. The number of thiazole rings is 1. The van der Waals surface area contributed by atoms with Crippen molar-refractivity contribution in [3.05, 3.63) is 53.5 Å². The van der Waals surface area contributed by atoms with Crippen LogP contribution in [0.4, 0.5) is 11.4 Å². The van der Waals surface area contributed by atoms with Gasteiger partial charge in [0.15, 0.2) is 0 Å². The number of aromatic nitrogens is 1. The summed E-state index contributed by atoms with van der Waals surface area (Å²) in [7, 11) is 0. The van der Waals surface area contributed by atoms with Crippen LogP contribution in [0, 0.1) is 0 Å². The van der Waals surface area contributed by atoms with E-state index in [9.17, 15) is 4.79 Å². The second kappa shape index (κ2) is 8.74. The summed E-state index contributed by atoms with van der Waals surface area (Å²) in [5.41, 5.74) is 3.22. The van der Waals surface area contributed by atoms with Crippen molar-refractivity contribution in [2.45, 2.75) is 31.6 Å². The summed E-state index contributed by atoms with van der Waals surface area (Å²) < 4.78 is 1.25. The van der Waals surface area contributed by atoms with E-state index < -0.39 is 0 Å². The molecule has 6 heteroatoms. The number of anilines is 2. The molecule has 0 saturated carbocycles. The number of para-hydroxylation sites is 1. The molecule has 3 aromatic rings. The molecule has 3 heterocycles. The van der Waals surface area contributed by atoms with Crippen LogP contribution < -0.4 is 10.2 Å². The second-order valence-electron chi connectivity index (χ2n) is 8.38. The summed E-state index contributed by atoms with van der Waals surface area (Å²) in [6.07, 6.45) is 4.80. The number of nitrogens with one attached hydrogen (secondary N) is 1. The topological polar surface area (TPSA) is 48.5 Å². The number of hydrogen-bond donors (Lipinski definition) is 1. The molecule has 1 atom stereocenters. The number of piperidine rings is 1. The van der Waals surface area contributed by atoms with Gasteiger partial charge in [-0.3, -0.25) is 9.69 Å². The normalized spacial score (nSPS) is 20.0.